The van der Waals surface area contributed by atoms with Crippen LogP contribution in [0.25, 0.3) is 0 Å². The van der Waals surface area contributed by atoms with Crippen molar-refractivity contribution in [2.45, 2.75) is 6.04 Å². The summed E-state index contributed by atoms with van der Waals surface area (Å²) < 4.78 is 21.3. The molecule has 1 unspecified atom stereocenters. The van der Waals surface area contributed by atoms with E-state index in [2.05, 4.69) is 0 Å². The Morgan fingerprint density at radius 3 is 2.78 bits per heavy atom. The molecule has 0 aromatic heterocycles. The molecule has 0 amide bonds. The van der Waals surface area contributed by atoms with E-state index >= 15 is 0 Å². The van der Waals surface area contributed by atoms with Gasteiger partial charge < -0.3 is 24.7 Å². The predicted octanol–water partition coefficient (Wildman–Crippen LogP) is 1.12. The van der Waals surface area contributed by atoms with E-state index in [1.165, 1.54) is 0 Å². The predicted molar refractivity (Wildman–Crippen MR) is 67.1 cm³/mol. The lowest BCUT2D eigenvalue weighted by Crippen LogP contribution is -2.20. The van der Waals surface area contributed by atoms with Crippen LogP contribution >= 0.6 is 0 Å². The van der Waals surface area contributed by atoms with Crippen LogP contribution in [0.5, 0.6) is 11.5 Å². The van der Waals surface area contributed by atoms with Crippen LogP contribution in [-0.4, -0.2) is 40.1 Å². The lowest BCUT2D eigenvalue weighted by Gasteiger charge is -2.20. The van der Waals surface area contributed by atoms with E-state index in [9.17, 15) is 0 Å². The van der Waals surface area contributed by atoms with Gasteiger partial charge in [0.25, 0.3) is 0 Å². The summed E-state index contributed by atoms with van der Waals surface area (Å²) in [5.74, 6) is 1.53. The Balaban J connectivity index is 1.91. The average Bonchev–Trinajstić information content (AvgIpc) is 2.43. The summed E-state index contributed by atoms with van der Waals surface area (Å²) in [7, 11) is 1.64. The summed E-state index contributed by atoms with van der Waals surface area (Å²) in [5.41, 5.74) is 7.03. The molecule has 100 valence electrons. The molecule has 0 fully saturated rings. The molecular weight excluding hydrogens is 234 g/mol. The van der Waals surface area contributed by atoms with Crippen molar-refractivity contribution in [3.05, 3.63) is 23.8 Å². The third-order valence-electron chi connectivity index (χ3n) is 2.72. The monoisotopic (exact) mass is 253 g/mol. The molecule has 1 aromatic rings. The minimum Gasteiger partial charge on any atom is -0.486 e. The fourth-order valence-corrected chi connectivity index (χ4v) is 1.74. The topological polar surface area (TPSA) is 62.9 Å². The number of fused-ring (bicyclic) bond motifs is 1. The van der Waals surface area contributed by atoms with Crippen LogP contribution in [0.2, 0.25) is 0 Å². The molecular formula is C13H19NO4. The molecule has 0 spiro atoms. The van der Waals surface area contributed by atoms with Gasteiger partial charge in [0.05, 0.1) is 25.9 Å². The standard InChI is InChI=1S/C13H19NO4/c1-15-4-5-16-9-11(14)10-2-3-12-13(8-10)18-7-6-17-12/h2-3,8,11H,4-7,9,14H2,1H3. The van der Waals surface area contributed by atoms with Crippen LogP contribution in [-0.2, 0) is 9.47 Å². The second-order valence-corrected chi connectivity index (χ2v) is 4.08. The Kier molecular flexibility index (Phi) is 4.81. The summed E-state index contributed by atoms with van der Waals surface area (Å²) in [5, 5.41) is 0. The van der Waals surface area contributed by atoms with Crippen molar-refractivity contribution in [1.82, 2.24) is 0 Å². The fourth-order valence-electron chi connectivity index (χ4n) is 1.74. The Morgan fingerprint density at radius 1 is 1.22 bits per heavy atom. The maximum Gasteiger partial charge on any atom is 0.161 e. The van der Waals surface area contributed by atoms with Gasteiger partial charge in [0.1, 0.15) is 13.2 Å². The molecule has 1 aliphatic heterocycles. The zero-order valence-corrected chi connectivity index (χ0v) is 10.6. The Labute approximate surface area is 107 Å². The van der Waals surface area contributed by atoms with Crippen LogP contribution in [0.4, 0.5) is 0 Å². The maximum atomic E-state index is 6.05. The maximum absolute atomic E-state index is 6.05. The average molecular weight is 253 g/mol. The van der Waals surface area contributed by atoms with E-state index in [4.69, 9.17) is 24.7 Å². The molecule has 0 aliphatic carbocycles. The van der Waals surface area contributed by atoms with Crippen molar-refractivity contribution >= 4 is 0 Å². The number of rotatable bonds is 6. The quantitative estimate of drug-likeness (QED) is 0.770. The number of hydrogen-bond donors (Lipinski definition) is 1. The normalized spacial score (nSPS) is 15.4. The summed E-state index contributed by atoms with van der Waals surface area (Å²) >= 11 is 0. The van der Waals surface area contributed by atoms with Crippen LogP contribution in [0.1, 0.15) is 11.6 Å². The highest BCUT2D eigenvalue weighted by atomic mass is 16.6. The lowest BCUT2D eigenvalue weighted by atomic mass is 10.1. The highest BCUT2D eigenvalue weighted by Crippen LogP contribution is 2.32. The van der Waals surface area contributed by atoms with Crippen molar-refractivity contribution in [1.29, 1.82) is 0 Å². The van der Waals surface area contributed by atoms with Gasteiger partial charge in [-0.3, -0.25) is 0 Å². The van der Waals surface area contributed by atoms with Gasteiger partial charge in [-0.2, -0.15) is 0 Å². The van der Waals surface area contributed by atoms with E-state index in [1.807, 2.05) is 18.2 Å². The molecule has 5 heteroatoms. The summed E-state index contributed by atoms with van der Waals surface area (Å²) in [6, 6.07) is 5.58. The molecule has 2 rings (SSSR count). The summed E-state index contributed by atoms with van der Waals surface area (Å²) in [6.45, 7) is 2.76. The number of ether oxygens (including phenoxy) is 4. The zero-order chi connectivity index (χ0) is 12.8. The zero-order valence-electron chi connectivity index (χ0n) is 10.6. The van der Waals surface area contributed by atoms with Crippen LogP contribution in [0.15, 0.2) is 18.2 Å². The number of benzene rings is 1. The number of methoxy groups -OCH3 is 1. The summed E-state index contributed by atoms with van der Waals surface area (Å²) in [6.07, 6.45) is 0. The smallest absolute Gasteiger partial charge is 0.161 e. The first-order valence-electron chi connectivity index (χ1n) is 6.03. The van der Waals surface area contributed by atoms with Gasteiger partial charge >= 0.3 is 0 Å². The van der Waals surface area contributed by atoms with Crippen LogP contribution < -0.4 is 15.2 Å². The number of hydrogen-bond acceptors (Lipinski definition) is 5. The van der Waals surface area contributed by atoms with Crippen molar-refractivity contribution < 1.29 is 18.9 Å². The molecule has 1 heterocycles. The van der Waals surface area contributed by atoms with Gasteiger partial charge in [0.2, 0.25) is 0 Å². The molecule has 0 radical (unpaired) electrons. The van der Waals surface area contributed by atoms with E-state index < -0.39 is 0 Å². The molecule has 1 aromatic carbocycles. The van der Waals surface area contributed by atoms with Crippen molar-refractivity contribution in [3.8, 4) is 11.5 Å². The molecule has 0 bridgehead atoms. The van der Waals surface area contributed by atoms with Crippen LogP contribution in [0.3, 0.4) is 0 Å². The minimum absolute atomic E-state index is 0.169. The van der Waals surface area contributed by atoms with E-state index in [-0.39, 0.29) is 6.04 Å². The van der Waals surface area contributed by atoms with Gasteiger partial charge in [-0.05, 0) is 17.7 Å². The van der Waals surface area contributed by atoms with Gasteiger partial charge in [-0.15, -0.1) is 0 Å². The molecule has 5 nitrogen and oxygen atoms in total. The largest absolute Gasteiger partial charge is 0.486 e. The van der Waals surface area contributed by atoms with Crippen molar-refractivity contribution in [3.63, 3.8) is 0 Å². The minimum atomic E-state index is -0.169. The number of nitrogens with two attached hydrogens (primary N) is 1. The summed E-state index contributed by atoms with van der Waals surface area (Å²) in [4.78, 5) is 0. The third-order valence-corrected chi connectivity index (χ3v) is 2.72. The van der Waals surface area contributed by atoms with E-state index in [1.54, 1.807) is 7.11 Å². The Bertz CT molecular complexity index is 383. The Morgan fingerprint density at radius 2 is 2.00 bits per heavy atom. The van der Waals surface area contributed by atoms with Gasteiger partial charge in [-0.1, -0.05) is 6.07 Å². The highest BCUT2D eigenvalue weighted by Gasteiger charge is 2.14. The first-order valence-corrected chi connectivity index (χ1v) is 6.03. The molecule has 1 aliphatic rings. The first-order chi connectivity index (χ1) is 8.81. The SMILES string of the molecule is COCCOCC(N)c1ccc2c(c1)OCCO2. The molecule has 0 saturated heterocycles. The van der Waals surface area contributed by atoms with E-state index in [0.717, 1.165) is 17.1 Å². The molecule has 1 atom stereocenters. The third kappa shape index (κ3) is 3.35. The fraction of sp³-hybridized carbons (Fsp3) is 0.538. The van der Waals surface area contributed by atoms with Crippen molar-refractivity contribution in [2.75, 3.05) is 40.1 Å². The van der Waals surface area contributed by atoms with E-state index in [0.29, 0.717) is 33.0 Å². The van der Waals surface area contributed by atoms with Gasteiger partial charge in [-0.25, -0.2) is 0 Å². The second kappa shape index (κ2) is 6.58. The molecule has 2 N–H and O–H groups in total. The molecule has 18 heavy (non-hydrogen) atoms. The second-order valence-electron chi connectivity index (χ2n) is 4.08. The van der Waals surface area contributed by atoms with Crippen LogP contribution in [0, 0.1) is 0 Å². The van der Waals surface area contributed by atoms with Gasteiger partial charge in [0.15, 0.2) is 11.5 Å². The van der Waals surface area contributed by atoms with Gasteiger partial charge in [0, 0.05) is 7.11 Å². The lowest BCUT2D eigenvalue weighted by molar-refractivity contribution is 0.0635. The Hall–Kier alpha value is -1.30. The van der Waals surface area contributed by atoms with Crippen molar-refractivity contribution in [2.24, 2.45) is 5.73 Å². The first kappa shape index (κ1) is 13.1. The highest BCUT2D eigenvalue weighted by molar-refractivity contribution is 5.44. The molecule has 0 saturated carbocycles.